The Labute approximate surface area is 403 Å². The van der Waals surface area contributed by atoms with Crippen molar-refractivity contribution in [1.29, 1.82) is 0 Å². The standard InChI is InChI=1S/C54H101NO11/c1-7-11-13-15-19-26-35-49(36-27-20-16-14-12-8-2)66-53(59)40-29-22-21-28-38-51(57)63-44-48(46-65-54(60)62-43-33-41-55(9-3)10-4)45-64-52(58)39-31-24-30-37-50(56)61-42-32-23-17-18-25-34-47(5)6/h47-49H,7-46H2,1-6H3. The Morgan fingerprint density at radius 3 is 1.29 bits per heavy atom. The van der Waals surface area contributed by atoms with Crippen molar-refractivity contribution in [2.75, 3.05) is 52.7 Å². The van der Waals surface area contributed by atoms with Crippen LogP contribution in [0.4, 0.5) is 4.79 Å². The van der Waals surface area contributed by atoms with Crippen LogP contribution < -0.4 is 0 Å². The van der Waals surface area contributed by atoms with Gasteiger partial charge in [0, 0.05) is 32.2 Å². The van der Waals surface area contributed by atoms with Crippen molar-refractivity contribution in [1.82, 2.24) is 4.90 Å². The van der Waals surface area contributed by atoms with Gasteiger partial charge in [0.05, 0.1) is 19.1 Å². The summed E-state index contributed by atoms with van der Waals surface area (Å²) in [6, 6.07) is 0. The van der Waals surface area contributed by atoms with Crippen molar-refractivity contribution in [3.63, 3.8) is 0 Å². The van der Waals surface area contributed by atoms with E-state index in [1.165, 1.54) is 89.9 Å². The summed E-state index contributed by atoms with van der Waals surface area (Å²) >= 11 is 0. The maximum absolute atomic E-state index is 12.8. The van der Waals surface area contributed by atoms with E-state index in [9.17, 15) is 24.0 Å². The number of esters is 4. The van der Waals surface area contributed by atoms with Crippen LogP contribution in [0.3, 0.4) is 0 Å². The van der Waals surface area contributed by atoms with Gasteiger partial charge in [0.2, 0.25) is 0 Å². The van der Waals surface area contributed by atoms with E-state index in [1.807, 2.05) is 0 Å². The lowest BCUT2D eigenvalue weighted by molar-refractivity contribution is -0.151. The third kappa shape index (κ3) is 43.7. The molecule has 0 rings (SSSR count). The van der Waals surface area contributed by atoms with Gasteiger partial charge in [-0.25, -0.2) is 4.79 Å². The highest BCUT2D eigenvalue weighted by atomic mass is 16.7. The number of ether oxygens (including phenoxy) is 6. The number of hydrogen-bond acceptors (Lipinski definition) is 12. The molecule has 0 aromatic carbocycles. The molecule has 12 heteroatoms. The molecular formula is C54H101NO11. The van der Waals surface area contributed by atoms with Gasteiger partial charge in [-0.15, -0.1) is 0 Å². The Kier molecular flexibility index (Phi) is 45.1. The van der Waals surface area contributed by atoms with Crippen molar-refractivity contribution in [2.45, 2.75) is 253 Å². The average Bonchev–Trinajstić information content (AvgIpc) is 3.30. The SMILES string of the molecule is CCCCCCCCC(CCCCCCCC)OC(=O)CCCCCCC(=O)OCC(COC(=O)CCCCCC(=O)OCCCCCCCC(C)C)COC(=O)OCCCN(CC)CC. The highest BCUT2D eigenvalue weighted by Crippen LogP contribution is 2.19. The summed E-state index contributed by atoms with van der Waals surface area (Å²) in [5, 5.41) is 0. The summed E-state index contributed by atoms with van der Waals surface area (Å²) in [6.45, 7) is 16.2. The fourth-order valence-electron chi connectivity index (χ4n) is 7.78. The molecule has 1 atom stereocenters. The summed E-state index contributed by atoms with van der Waals surface area (Å²) in [7, 11) is 0. The molecule has 1 unspecified atom stereocenters. The molecule has 0 aliphatic heterocycles. The first-order valence-corrected chi connectivity index (χ1v) is 27.2. The third-order valence-electron chi connectivity index (χ3n) is 12.1. The molecule has 0 aromatic heterocycles. The first-order valence-electron chi connectivity index (χ1n) is 27.2. The largest absolute Gasteiger partial charge is 0.508 e. The monoisotopic (exact) mass is 940 g/mol. The fraction of sp³-hybridized carbons (Fsp3) is 0.907. The first kappa shape index (κ1) is 63.1. The summed E-state index contributed by atoms with van der Waals surface area (Å²) in [5.74, 6) is -0.919. The lowest BCUT2D eigenvalue weighted by atomic mass is 10.0. The number of unbranched alkanes of at least 4 members (excludes halogenated alkanes) is 19. The van der Waals surface area contributed by atoms with Crippen LogP contribution >= 0.6 is 0 Å². The molecule has 0 N–H and O–H groups in total. The van der Waals surface area contributed by atoms with E-state index in [4.69, 9.17) is 28.4 Å². The minimum absolute atomic E-state index is 0.0120. The zero-order valence-electron chi connectivity index (χ0n) is 43.5. The second-order valence-corrected chi connectivity index (χ2v) is 18.9. The highest BCUT2D eigenvalue weighted by Gasteiger charge is 2.19. The molecule has 12 nitrogen and oxygen atoms in total. The molecule has 0 bridgehead atoms. The quantitative estimate of drug-likeness (QED) is 0.0325. The van der Waals surface area contributed by atoms with E-state index in [0.29, 0.717) is 51.6 Å². The van der Waals surface area contributed by atoms with Crippen molar-refractivity contribution in [3.05, 3.63) is 0 Å². The van der Waals surface area contributed by atoms with Gasteiger partial charge in [-0.1, -0.05) is 157 Å². The van der Waals surface area contributed by atoms with Crippen LogP contribution in [-0.2, 0) is 47.6 Å². The first-order chi connectivity index (χ1) is 32.0. The van der Waals surface area contributed by atoms with Crippen LogP contribution in [0, 0.1) is 11.8 Å². The summed E-state index contributed by atoms with van der Waals surface area (Å²) in [6.07, 6.45) is 29.3. The Bertz CT molecular complexity index is 1140. The summed E-state index contributed by atoms with van der Waals surface area (Å²) < 4.78 is 33.0. The maximum atomic E-state index is 12.8. The molecule has 0 amide bonds. The van der Waals surface area contributed by atoms with E-state index in [1.54, 1.807) is 0 Å². The predicted molar refractivity (Wildman–Crippen MR) is 265 cm³/mol. The Hall–Kier alpha value is -2.89. The summed E-state index contributed by atoms with van der Waals surface area (Å²) in [4.78, 5) is 64.8. The molecule has 0 fully saturated rings. The Balaban J connectivity index is 4.66. The van der Waals surface area contributed by atoms with Gasteiger partial charge in [-0.2, -0.15) is 0 Å². The number of carbonyl (C=O) groups is 5. The van der Waals surface area contributed by atoms with Crippen LogP contribution in [0.5, 0.6) is 0 Å². The van der Waals surface area contributed by atoms with Gasteiger partial charge in [0.15, 0.2) is 0 Å². The number of rotatable bonds is 48. The minimum Gasteiger partial charge on any atom is -0.466 e. The van der Waals surface area contributed by atoms with Crippen molar-refractivity contribution < 1.29 is 52.4 Å². The maximum Gasteiger partial charge on any atom is 0.508 e. The lowest BCUT2D eigenvalue weighted by Gasteiger charge is -2.18. The Morgan fingerprint density at radius 2 is 0.788 bits per heavy atom. The molecule has 0 heterocycles. The van der Waals surface area contributed by atoms with E-state index in [0.717, 1.165) is 83.3 Å². The normalized spacial score (nSPS) is 11.8. The Morgan fingerprint density at radius 1 is 0.394 bits per heavy atom. The summed E-state index contributed by atoms with van der Waals surface area (Å²) in [5.41, 5.74) is 0. The van der Waals surface area contributed by atoms with Crippen LogP contribution in [0.1, 0.15) is 247 Å². The smallest absolute Gasteiger partial charge is 0.466 e. The molecule has 0 saturated heterocycles. The molecule has 0 spiro atoms. The van der Waals surface area contributed by atoms with Gasteiger partial charge in [0.1, 0.15) is 25.9 Å². The van der Waals surface area contributed by atoms with Gasteiger partial charge < -0.3 is 33.3 Å². The van der Waals surface area contributed by atoms with Crippen molar-refractivity contribution >= 4 is 30.0 Å². The van der Waals surface area contributed by atoms with E-state index < -0.39 is 18.0 Å². The molecule has 388 valence electrons. The molecule has 0 aliphatic carbocycles. The van der Waals surface area contributed by atoms with Gasteiger partial charge in [-0.05, 0) is 83.2 Å². The second kappa shape index (κ2) is 47.2. The van der Waals surface area contributed by atoms with Crippen molar-refractivity contribution in [3.8, 4) is 0 Å². The van der Waals surface area contributed by atoms with E-state index in [2.05, 4.69) is 46.4 Å². The second-order valence-electron chi connectivity index (χ2n) is 18.9. The minimum atomic E-state index is -0.817. The van der Waals surface area contributed by atoms with Crippen LogP contribution in [-0.4, -0.2) is 93.7 Å². The predicted octanol–water partition coefficient (Wildman–Crippen LogP) is 13.8. The van der Waals surface area contributed by atoms with Gasteiger partial charge >= 0.3 is 30.0 Å². The molecule has 66 heavy (non-hydrogen) atoms. The third-order valence-corrected chi connectivity index (χ3v) is 12.1. The zero-order chi connectivity index (χ0) is 48.7. The van der Waals surface area contributed by atoms with E-state index in [-0.39, 0.29) is 63.3 Å². The molecule has 0 aliphatic rings. The van der Waals surface area contributed by atoms with Gasteiger partial charge in [-0.3, -0.25) is 19.2 Å². The molecule has 0 saturated carbocycles. The van der Waals surface area contributed by atoms with Gasteiger partial charge in [0.25, 0.3) is 0 Å². The average molecular weight is 940 g/mol. The van der Waals surface area contributed by atoms with Crippen molar-refractivity contribution in [2.24, 2.45) is 11.8 Å². The molecule has 0 radical (unpaired) electrons. The molecule has 0 aromatic rings. The van der Waals surface area contributed by atoms with Crippen LogP contribution in [0.25, 0.3) is 0 Å². The number of hydrogen-bond donors (Lipinski definition) is 0. The topological polar surface area (TPSA) is 144 Å². The highest BCUT2D eigenvalue weighted by molar-refractivity contribution is 5.70. The number of carbonyl (C=O) groups excluding carboxylic acids is 5. The van der Waals surface area contributed by atoms with E-state index >= 15 is 0 Å². The zero-order valence-corrected chi connectivity index (χ0v) is 43.5. The van der Waals surface area contributed by atoms with Crippen LogP contribution in [0.2, 0.25) is 0 Å². The van der Waals surface area contributed by atoms with Crippen LogP contribution in [0.15, 0.2) is 0 Å². The number of nitrogens with zero attached hydrogens (tertiary/aromatic N) is 1. The fourth-order valence-corrected chi connectivity index (χ4v) is 7.78. The lowest BCUT2D eigenvalue weighted by Crippen LogP contribution is -2.27. The molecular weight excluding hydrogens is 839 g/mol.